The van der Waals surface area contributed by atoms with Crippen molar-refractivity contribution in [3.8, 4) is 0 Å². The van der Waals surface area contributed by atoms with Gasteiger partial charge in [-0.1, -0.05) is 127 Å². The number of benzene rings is 5. The molecule has 0 aromatic heterocycles. The Morgan fingerprint density at radius 3 is 1.85 bits per heavy atom. The number of carbonyl (C=O) groups excluding carboxylic acids is 2. The summed E-state index contributed by atoms with van der Waals surface area (Å²) < 4.78 is 35.3. The molecule has 2 bridgehead atoms. The van der Waals surface area contributed by atoms with E-state index in [1.807, 2.05) is 116 Å². The van der Waals surface area contributed by atoms with Gasteiger partial charge in [-0.2, -0.15) is 0 Å². The van der Waals surface area contributed by atoms with E-state index in [1.165, 1.54) is 0 Å². The second-order valence-corrected chi connectivity index (χ2v) is 19.4. The minimum Gasteiger partial charge on any atom is -0.387 e. The molecule has 2 heterocycles. The number of aryl methyl sites for hydroxylation is 2. The lowest BCUT2D eigenvalue weighted by molar-refractivity contribution is -0.369. The predicted molar refractivity (Wildman–Crippen MR) is 260 cm³/mol. The van der Waals surface area contributed by atoms with Crippen LogP contribution in [0.25, 0.3) is 0 Å². The number of hydrogen-bond acceptors (Lipinski definition) is 9. The van der Waals surface area contributed by atoms with Crippen LogP contribution in [0.2, 0.25) is 0 Å². The molecule has 2 saturated heterocycles. The maximum Gasteiger partial charge on any atom is 0.245 e. The van der Waals surface area contributed by atoms with E-state index in [-0.39, 0.29) is 38.2 Å². The van der Waals surface area contributed by atoms with Crippen molar-refractivity contribution in [1.29, 1.82) is 0 Å². The highest BCUT2D eigenvalue weighted by atomic mass is 16.8. The molecule has 5 atom stereocenters. The SMILES string of the molecule is Cc1ccc([C@]23OC[C@](C(C)(C)O)(O2)[C@@H](OCc2ccccc2)[C@H](OCc2ccccc2)[C@H]3OCc2ccccc2)cc1Cc1ccc(CCCC(=O)NC(C)(C)C(=O)NCCN(C)C)cc1. The van der Waals surface area contributed by atoms with Gasteiger partial charge in [0.05, 0.1) is 32.0 Å². The Balaban J connectivity index is 1.13. The molecular formula is C56H69N3O8. The topological polar surface area (TPSA) is 128 Å². The molecule has 0 saturated carbocycles. The molecule has 11 nitrogen and oxygen atoms in total. The van der Waals surface area contributed by atoms with Gasteiger partial charge in [0.15, 0.2) is 5.60 Å². The average molecular weight is 912 g/mol. The molecule has 2 amide bonds. The first kappa shape index (κ1) is 49.7. The van der Waals surface area contributed by atoms with Gasteiger partial charge in [0.1, 0.15) is 23.9 Å². The number of fused-ring (bicyclic) bond motifs is 2. The highest BCUT2D eigenvalue weighted by Gasteiger charge is 2.73. The van der Waals surface area contributed by atoms with Crippen molar-refractivity contribution < 1.29 is 38.4 Å². The van der Waals surface area contributed by atoms with E-state index in [0.717, 1.165) is 57.5 Å². The molecule has 0 unspecified atom stereocenters. The molecular weight excluding hydrogens is 843 g/mol. The van der Waals surface area contributed by atoms with Crippen molar-refractivity contribution in [2.24, 2.45) is 0 Å². The lowest BCUT2D eigenvalue weighted by Gasteiger charge is -2.54. The quantitative estimate of drug-likeness (QED) is 0.0634. The molecule has 0 aliphatic carbocycles. The minimum atomic E-state index is -1.48. The van der Waals surface area contributed by atoms with Crippen LogP contribution < -0.4 is 10.6 Å². The van der Waals surface area contributed by atoms with Gasteiger partial charge in [0, 0.05) is 25.1 Å². The third-order valence-electron chi connectivity index (χ3n) is 13.0. The largest absolute Gasteiger partial charge is 0.387 e. The molecule has 2 aliphatic rings. The lowest BCUT2D eigenvalue weighted by Crippen LogP contribution is -2.72. The van der Waals surface area contributed by atoms with E-state index in [9.17, 15) is 14.7 Å². The predicted octanol–water partition coefficient (Wildman–Crippen LogP) is 7.96. The first-order valence-electron chi connectivity index (χ1n) is 23.5. The molecule has 5 aromatic rings. The number of amides is 2. The van der Waals surface area contributed by atoms with Crippen LogP contribution in [0.1, 0.15) is 85.0 Å². The molecule has 2 fully saturated rings. The van der Waals surface area contributed by atoms with Crippen molar-refractivity contribution in [3.63, 3.8) is 0 Å². The summed E-state index contributed by atoms with van der Waals surface area (Å²) in [5, 5.41) is 18.0. The molecule has 11 heteroatoms. The van der Waals surface area contributed by atoms with Crippen LogP contribution >= 0.6 is 0 Å². The summed E-state index contributed by atoms with van der Waals surface area (Å²) in [6.45, 7) is 11.1. The minimum absolute atomic E-state index is 0.0306. The van der Waals surface area contributed by atoms with Gasteiger partial charge in [-0.05, 0) is 113 Å². The standard InChI is InChI=1S/C56H69N3O8/c1-40-26-31-47(35-46(40)34-42-29-27-41(28-30-42)24-17-25-48(60)58-53(2,3)52(61)57-32-33-59(6)7)56-51(65-38-45-22-15-10-16-23-45)49(63-36-43-18-11-8-12-19-43)50(64-37-44-20-13-9-14-21-44)55(67-56,39-66-56)54(4,5)62/h8-16,18-23,26-31,35,49-51,62H,17,24-25,32-34,36-39H2,1-7H3,(H,57,61)(H,58,60)/t49-,50-,51+,55-,56-/m0/s1. The fraction of sp³-hybridized carbons (Fsp3) is 0.429. The normalized spacial score (nSPS) is 21.6. The smallest absolute Gasteiger partial charge is 0.245 e. The highest BCUT2D eigenvalue weighted by molar-refractivity contribution is 5.90. The first-order valence-corrected chi connectivity index (χ1v) is 23.5. The molecule has 0 radical (unpaired) electrons. The zero-order valence-electron chi connectivity index (χ0n) is 40.3. The Bertz CT molecular complexity index is 2370. The van der Waals surface area contributed by atoms with Gasteiger partial charge in [-0.15, -0.1) is 0 Å². The second-order valence-electron chi connectivity index (χ2n) is 19.4. The third kappa shape index (κ3) is 12.1. The monoisotopic (exact) mass is 912 g/mol. The van der Waals surface area contributed by atoms with Crippen LogP contribution in [0, 0.1) is 6.92 Å². The average Bonchev–Trinajstić information content (AvgIpc) is 3.68. The Morgan fingerprint density at radius 1 is 0.731 bits per heavy atom. The summed E-state index contributed by atoms with van der Waals surface area (Å²) in [7, 11) is 3.90. The van der Waals surface area contributed by atoms with E-state index in [2.05, 4.69) is 54.0 Å². The summed E-state index contributed by atoms with van der Waals surface area (Å²) >= 11 is 0. The van der Waals surface area contributed by atoms with Crippen molar-refractivity contribution in [3.05, 3.63) is 178 Å². The summed E-state index contributed by atoms with van der Waals surface area (Å²) in [5.41, 5.74) is 4.36. The van der Waals surface area contributed by atoms with Crippen LogP contribution in [0.3, 0.4) is 0 Å². The van der Waals surface area contributed by atoms with Gasteiger partial charge in [-0.3, -0.25) is 9.59 Å². The van der Waals surface area contributed by atoms with Gasteiger partial charge >= 0.3 is 0 Å². The number of aliphatic hydroxyl groups is 1. The Labute approximate surface area is 397 Å². The fourth-order valence-corrected chi connectivity index (χ4v) is 8.97. The molecule has 7 rings (SSSR count). The summed E-state index contributed by atoms with van der Waals surface area (Å²) in [4.78, 5) is 27.6. The molecule has 67 heavy (non-hydrogen) atoms. The molecule has 5 aromatic carbocycles. The number of nitrogens with zero attached hydrogens (tertiary/aromatic N) is 1. The summed E-state index contributed by atoms with van der Waals surface area (Å²) in [5.74, 6) is -1.83. The van der Waals surface area contributed by atoms with Crippen LogP contribution in [0.5, 0.6) is 0 Å². The Hall–Kier alpha value is -5.24. The van der Waals surface area contributed by atoms with Gasteiger partial charge in [0.2, 0.25) is 17.6 Å². The zero-order chi connectivity index (χ0) is 47.7. The van der Waals surface area contributed by atoms with E-state index in [4.69, 9.17) is 23.7 Å². The van der Waals surface area contributed by atoms with Gasteiger partial charge in [0.25, 0.3) is 0 Å². The number of nitrogens with one attached hydrogen (secondary N) is 2. The second kappa shape index (κ2) is 21.8. The summed E-state index contributed by atoms with van der Waals surface area (Å²) in [6, 6.07) is 44.8. The maximum absolute atomic E-state index is 12.9. The highest BCUT2D eigenvalue weighted by Crippen LogP contribution is 2.56. The van der Waals surface area contributed by atoms with E-state index < -0.39 is 40.8 Å². The lowest BCUT2D eigenvalue weighted by atomic mass is 9.74. The number of hydrogen-bond donors (Lipinski definition) is 3. The van der Waals surface area contributed by atoms with E-state index in [1.54, 1.807) is 27.7 Å². The van der Waals surface area contributed by atoms with Gasteiger partial charge < -0.3 is 44.3 Å². The number of ether oxygens (including phenoxy) is 5. The fourth-order valence-electron chi connectivity index (χ4n) is 8.97. The van der Waals surface area contributed by atoms with Crippen LogP contribution in [-0.4, -0.2) is 90.7 Å². The number of rotatable bonds is 22. The van der Waals surface area contributed by atoms with Crippen molar-refractivity contribution in [2.75, 3.05) is 33.8 Å². The third-order valence-corrected chi connectivity index (χ3v) is 13.0. The number of likely N-dealkylation sites (N-methyl/N-ethyl adjacent to an activating group) is 1. The van der Waals surface area contributed by atoms with Crippen molar-refractivity contribution in [2.45, 2.75) is 121 Å². The molecule has 3 N–H and O–H groups in total. The number of carbonyl (C=O) groups is 2. The Kier molecular flexibility index (Phi) is 16.2. The van der Waals surface area contributed by atoms with Crippen LogP contribution in [0.15, 0.2) is 133 Å². The van der Waals surface area contributed by atoms with E-state index in [0.29, 0.717) is 25.8 Å². The summed E-state index contributed by atoms with van der Waals surface area (Å²) in [6.07, 6.45) is -0.0378. The van der Waals surface area contributed by atoms with Crippen LogP contribution in [-0.2, 0) is 71.7 Å². The molecule has 0 spiro atoms. The maximum atomic E-state index is 12.9. The zero-order valence-corrected chi connectivity index (χ0v) is 40.3. The molecule has 356 valence electrons. The Morgan fingerprint density at radius 2 is 1.28 bits per heavy atom. The molecule has 2 aliphatic heterocycles. The van der Waals surface area contributed by atoms with Crippen LogP contribution in [0.4, 0.5) is 0 Å². The van der Waals surface area contributed by atoms with Gasteiger partial charge in [-0.25, -0.2) is 0 Å². The first-order chi connectivity index (χ1) is 32.1. The van der Waals surface area contributed by atoms with E-state index >= 15 is 0 Å². The van der Waals surface area contributed by atoms with Crippen molar-refractivity contribution in [1.82, 2.24) is 15.5 Å². The van der Waals surface area contributed by atoms with Crippen molar-refractivity contribution >= 4 is 11.8 Å².